The van der Waals surface area contributed by atoms with Gasteiger partial charge < -0.3 is 9.84 Å². The quantitative estimate of drug-likeness (QED) is 0.484. The van der Waals surface area contributed by atoms with Crippen LogP contribution in [0, 0.1) is 35.5 Å². The molecule has 0 saturated carbocycles. The van der Waals surface area contributed by atoms with Gasteiger partial charge in [0, 0.05) is 6.42 Å². The van der Waals surface area contributed by atoms with E-state index in [9.17, 15) is 9.90 Å². The molecule has 2 unspecified atom stereocenters. The van der Waals surface area contributed by atoms with Gasteiger partial charge in [-0.1, -0.05) is 11.8 Å². The molecule has 1 rings (SSSR count). The minimum Gasteiger partial charge on any atom is -0.458 e. The Kier molecular flexibility index (Phi) is 4.30. The summed E-state index contributed by atoms with van der Waals surface area (Å²) in [5.41, 5.74) is 0. The summed E-state index contributed by atoms with van der Waals surface area (Å²) in [4.78, 5) is 10.8. The van der Waals surface area contributed by atoms with Gasteiger partial charge >= 0.3 is 5.97 Å². The maximum Gasteiger partial charge on any atom is 0.308 e. The molecule has 15 heavy (non-hydrogen) atoms. The van der Waals surface area contributed by atoms with Gasteiger partial charge in [-0.05, 0) is 30.6 Å². The number of esters is 1. The first-order chi connectivity index (χ1) is 7.24. The summed E-state index contributed by atoms with van der Waals surface area (Å²) in [6.45, 7) is 1.69. The van der Waals surface area contributed by atoms with Gasteiger partial charge in [-0.3, -0.25) is 4.79 Å². The molecular weight excluding hydrogens is 192 g/mol. The Bertz CT molecular complexity index is 417. The minimum absolute atomic E-state index is 0.0549. The molecular formula is C12H10O3. The van der Waals surface area contributed by atoms with Crippen LogP contribution in [-0.4, -0.2) is 23.3 Å². The normalized spacial score (nSPS) is 22.4. The SMILES string of the molecule is CC#CC#CC#CCC1OC(=O)CC1O. The minimum atomic E-state index is -0.741. The molecule has 0 bridgehead atoms. The Morgan fingerprint density at radius 3 is 2.73 bits per heavy atom. The second-order valence-electron chi connectivity index (χ2n) is 2.93. The highest BCUT2D eigenvalue weighted by Crippen LogP contribution is 2.16. The van der Waals surface area contributed by atoms with Gasteiger partial charge in [0.2, 0.25) is 0 Å². The van der Waals surface area contributed by atoms with Gasteiger partial charge in [-0.25, -0.2) is 0 Å². The first-order valence-corrected chi connectivity index (χ1v) is 4.51. The van der Waals surface area contributed by atoms with Crippen LogP contribution in [0.4, 0.5) is 0 Å². The molecule has 0 amide bonds. The fourth-order valence-electron chi connectivity index (χ4n) is 1.10. The van der Waals surface area contributed by atoms with Crippen LogP contribution in [0.5, 0.6) is 0 Å². The predicted octanol–water partition coefficient (Wildman–Crippen LogP) is 0.0830. The second kappa shape index (κ2) is 5.76. The summed E-state index contributed by atoms with van der Waals surface area (Å²) >= 11 is 0. The zero-order valence-electron chi connectivity index (χ0n) is 8.33. The molecule has 1 fully saturated rings. The molecule has 76 valence electrons. The van der Waals surface area contributed by atoms with Crippen LogP contribution in [-0.2, 0) is 9.53 Å². The number of carbonyl (C=O) groups excluding carboxylic acids is 1. The van der Waals surface area contributed by atoms with Crippen LogP contribution in [0.25, 0.3) is 0 Å². The first kappa shape index (κ1) is 11.2. The van der Waals surface area contributed by atoms with E-state index in [4.69, 9.17) is 4.74 Å². The van der Waals surface area contributed by atoms with Crippen molar-refractivity contribution < 1.29 is 14.6 Å². The number of hydrogen-bond donors (Lipinski definition) is 1. The molecule has 3 nitrogen and oxygen atoms in total. The molecule has 1 saturated heterocycles. The van der Waals surface area contributed by atoms with Crippen molar-refractivity contribution in [2.45, 2.75) is 32.0 Å². The van der Waals surface area contributed by atoms with Crippen LogP contribution < -0.4 is 0 Å². The van der Waals surface area contributed by atoms with Gasteiger partial charge in [0.25, 0.3) is 0 Å². The van der Waals surface area contributed by atoms with Crippen molar-refractivity contribution in [2.24, 2.45) is 0 Å². The molecule has 2 atom stereocenters. The van der Waals surface area contributed by atoms with Gasteiger partial charge in [-0.2, -0.15) is 0 Å². The average molecular weight is 202 g/mol. The second-order valence-corrected chi connectivity index (χ2v) is 2.93. The lowest BCUT2D eigenvalue weighted by atomic mass is 10.1. The Hall–Kier alpha value is -1.89. The van der Waals surface area contributed by atoms with E-state index in [2.05, 4.69) is 35.5 Å². The van der Waals surface area contributed by atoms with Crippen molar-refractivity contribution in [3.8, 4) is 35.5 Å². The van der Waals surface area contributed by atoms with Crippen LogP contribution in [0.2, 0.25) is 0 Å². The van der Waals surface area contributed by atoms with E-state index in [1.54, 1.807) is 6.92 Å². The van der Waals surface area contributed by atoms with Gasteiger partial charge in [0.1, 0.15) is 12.2 Å². The zero-order chi connectivity index (χ0) is 11.1. The third-order valence-corrected chi connectivity index (χ3v) is 1.79. The molecule has 1 aliphatic rings. The smallest absolute Gasteiger partial charge is 0.308 e. The fourth-order valence-corrected chi connectivity index (χ4v) is 1.10. The standard InChI is InChI=1S/C12H10O3/c1-2-3-4-5-6-7-8-11-10(13)9-12(14)15-11/h10-11,13H,8-9H2,1H3. The molecule has 0 radical (unpaired) electrons. The van der Waals surface area contributed by atoms with Crippen LogP contribution in [0.3, 0.4) is 0 Å². The largest absolute Gasteiger partial charge is 0.458 e. The van der Waals surface area contributed by atoms with E-state index in [1.807, 2.05) is 0 Å². The lowest BCUT2D eigenvalue weighted by molar-refractivity contribution is -0.141. The molecule has 1 heterocycles. The Balaban J connectivity index is 2.40. The third kappa shape index (κ3) is 3.77. The monoisotopic (exact) mass is 202 g/mol. The number of hydrogen-bond acceptors (Lipinski definition) is 3. The third-order valence-electron chi connectivity index (χ3n) is 1.79. The highest BCUT2D eigenvalue weighted by atomic mass is 16.6. The Morgan fingerprint density at radius 2 is 2.13 bits per heavy atom. The van der Waals surface area contributed by atoms with Crippen LogP contribution in [0.15, 0.2) is 0 Å². The zero-order valence-corrected chi connectivity index (χ0v) is 8.33. The number of aliphatic hydroxyl groups excluding tert-OH is 1. The van der Waals surface area contributed by atoms with E-state index in [1.165, 1.54) is 0 Å². The van der Waals surface area contributed by atoms with E-state index in [0.29, 0.717) is 6.42 Å². The van der Waals surface area contributed by atoms with Gasteiger partial charge in [0.05, 0.1) is 6.42 Å². The summed E-state index contributed by atoms with van der Waals surface area (Å²) in [7, 11) is 0. The summed E-state index contributed by atoms with van der Waals surface area (Å²) in [6.07, 6.45) is -0.889. The Morgan fingerprint density at radius 1 is 1.40 bits per heavy atom. The molecule has 0 spiro atoms. The fraction of sp³-hybridized carbons (Fsp3) is 0.417. The number of carbonyl (C=O) groups is 1. The van der Waals surface area contributed by atoms with E-state index < -0.39 is 12.2 Å². The number of cyclic esters (lactones) is 1. The number of aliphatic hydroxyl groups is 1. The van der Waals surface area contributed by atoms with Crippen LogP contribution >= 0.6 is 0 Å². The summed E-state index contributed by atoms with van der Waals surface area (Å²) < 4.78 is 4.83. The van der Waals surface area contributed by atoms with Crippen molar-refractivity contribution in [3.63, 3.8) is 0 Å². The molecule has 0 aliphatic carbocycles. The van der Waals surface area contributed by atoms with Crippen LogP contribution in [0.1, 0.15) is 19.8 Å². The van der Waals surface area contributed by atoms with E-state index in [-0.39, 0.29) is 12.4 Å². The van der Waals surface area contributed by atoms with E-state index >= 15 is 0 Å². The van der Waals surface area contributed by atoms with Gasteiger partial charge in [0.15, 0.2) is 0 Å². The molecule has 0 aromatic heterocycles. The highest BCUT2D eigenvalue weighted by Gasteiger charge is 2.32. The lowest BCUT2D eigenvalue weighted by Crippen LogP contribution is -2.19. The van der Waals surface area contributed by atoms with Crippen molar-refractivity contribution >= 4 is 5.97 Å². The average Bonchev–Trinajstić information content (AvgIpc) is 2.51. The van der Waals surface area contributed by atoms with Crippen molar-refractivity contribution in [1.29, 1.82) is 0 Å². The molecule has 1 N–H and O–H groups in total. The predicted molar refractivity (Wildman–Crippen MR) is 54.1 cm³/mol. The molecule has 0 aromatic carbocycles. The topological polar surface area (TPSA) is 46.5 Å². The van der Waals surface area contributed by atoms with E-state index in [0.717, 1.165) is 0 Å². The lowest BCUT2D eigenvalue weighted by Gasteiger charge is -2.07. The number of ether oxygens (including phenoxy) is 1. The molecule has 1 aliphatic heterocycles. The van der Waals surface area contributed by atoms with Crippen molar-refractivity contribution in [3.05, 3.63) is 0 Å². The highest BCUT2D eigenvalue weighted by molar-refractivity contribution is 5.72. The first-order valence-electron chi connectivity index (χ1n) is 4.51. The maximum atomic E-state index is 10.8. The van der Waals surface area contributed by atoms with Crippen molar-refractivity contribution in [2.75, 3.05) is 0 Å². The molecule has 3 heteroatoms. The number of rotatable bonds is 1. The summed E-state index contributed by atoms with van der Waals surface area (Å²) in [5, 5.41) is 9.33. The Labute approximate surface area is 88.8 Å². The van der Waals surface area contributed by atoms with Gasteiger partial charge in [-0.15, -0.1) is 0 Å². The summed E-state index contributed by atoms with van der Waals surface area (Å²) in [6, 6.07) is 0. The maximum absolute atomic E-state index is 10.8. The van der Waals surface area contributed by atoms with Crippen molar-refractivity contribution in [1.82, 2.24) is 0 Å². The summed E-state index contributed by atoms with van der Waals surface area (Å²) in [5.74, 6) is 15.1. The molecule has 0 aromatic rings.